The van der Waals surface area contributed by atoms with Gasteiger partial charge in [0, 0.05) is 25.4 Å². The number of nitrogens with one attached hydrogen (secondary N) is 1. The number of carbonyl (C=O) groups is 2. The molecular weight excluding hydrogens is 314 g/mol. The minimum Gasteiger partial charge on any atom is -0.346 e. The highest BCUT2D eigenvalue weighted by Crippen LogP contribution is 2.31. The molecule has 0 radical (unpaired) electrons. The highest BCUT2D eigenvalue weighted by Gasteiger charge is 2.31. The van der Waals surface area contributed by atoms with E-state index in [0.29, 0.717) is 11.3 Å². The first-order chi connectivity index (χ1) is 12.1. The maximum absolute atomic E-state index is 12.5. The molecule has 0 aliphatic heterocycles. The van der Waals surface area contributed by atoms with E-state index in [4.69, 9.17) is 5.26 Å². The number of amides is 2. The highest BCUT2D eigenvalue weighted by atomic mass is 16.2. The smallest absolute Gasteiger partial charge is 0.227 e. The Labute approximate surface area is 150 Å². The molecule has 1 aromatic rings. The molecule has 1 N–H and O–H groups in total. The number of unbranched alkanes of at least 4 members (excludes halogenated alkanes) is 1. The predicted molar refractivity (Wildman–Crippen MR) is 97.8 cm³/mol. The van der Waals surface area contributed by atoms with Crippen LogP contribution in [0.3, 0.4) is 0 Å². The van der Waals surface area contributed by atoms with Gasteiger partial charge in [0.2, 0.25) is 11.8 Å². The third-order valence-corrected chi connectivity index (χ3v) is 4.98. The first kappa shape index (κ1) is 19.0. The number of hydrogen-bond acceptors (Lipinski definition) is 3. The van der Waals surface area contributed by atoms with E-state index in [-0.39, 0.29) is 23.7 Å². The lowest BCUT2D eigenvalue weighted by molar-refractivity contribution is -0.136. The molecule has 1 aliphatic carbocycles. The summed E-state index contributed by atoms with van der Waals surface area (Å²) >= 11 is 0. The van der Waals surface area contributed by atoms with E-state index in [9.17, 15) is 9.59 Å². The van der Waals surface area contributed by atoms with Gasteiger partial charge in [0.1, 0.15) is 6.07 Å². The van der Waals surface area contributed by atoms with Crippen molar-refractivity contribution in [1.82, 2.24) is 4.90 Å². The summed E-state index contributed by atoms with van der Waals surface area (Å²) < 4.78 is 0. The average molecular weight is 341 g/mol. The molecule has 2 rings (SSSR count). The van der Waals surface area contributed by atoms with Crippen LogP contribution in [0.2, 0.25) is 0 Å². The fraction of sp³-hybridized carbons (Fsp3) is 0.550. The van der Waals surface area contributed by atoms with Gasteiger partial charge in [-0.05, 0) is 44.2 Å². The molecule has 5 heteroatoms. The third kappa shape index (κ3) is 5.06. The molecule has 0 aromatic heterocycles. The van der Waals surface area contributed by atoms with Crippen LogP contribution in [0.25, 0.3) is 0 Å². The zero-order valence-corrected chi connectivity index (χ0v) is 15.1. The van der Waals surface area contributed by atoms with Crippen LogP contribution in [0.4, 0.5) is 5.69 Å². The first-order valence-corrected chi connectivity index (χ1v) is 9.11. The Morgan fingerprint density at radius 2 is 1.84 bits per heavy atom. The summed E-state index contributed by atoms with van der Waals surface area (Å²) in [5.74, 6) is 0.115. The average Bonchev–Trinajstić information content (AvgIpc) is 2.66. The second kappa shape index (κ2) is 9.22. The zero-order chi connectivity index (χ0) is 18.2. The predicted octanol–water partition coefficient (Wildman–Crippen LogP) is 3.56. The van der Waals surface area contributed by atoms with Crippen LogP contribution in [0, 0.1) is 23.2 Å². The lowest BCUT2D eigenvalue weighted by Gasteiger charge is -2.30. The van der Waals surface area contributed by atoms with E-state index in [1.165, 1.54) is 0 Å². The molecule has 0 heterocycles. The Balaban J connectivity index is 1.86. The normalized spacial score (nSPS) is 19.7. The number of carbonyl (C=O) groups excluding carboxylic acids is 2. The van der Waals surface area contributed by atoms with Crippen LogP contribution in [-0.4, -0.2) is 30.3 Å². The quantitative estimate of drug-likeness (QED) is 0.860. The molecule has 25 heavy (non-hydrogen) atoms. The van der Waals surface area contributed by atoms with Gasteiger partial charge in [0.05, 0.1) is 11.3 Å². The molecule has 1 fully saturated rings. The SMILES string of the molecule is CCCCN(C)C(=O)C1CCC(C(=O)Nc2ccccc2C#N)CC1. The largest absolute Gasteiger partial charge is 0.346 e. The lowest BCUT2D eigenvalue weighted by atomic mass is 9.81. The molecule has 134 valence electrons. The molecule has 1 saturated carbocycles. The van der Waals surface area contributed by atoms with Crippen molar-refractivity contribution in [2.24, 2.45) is 11.8 Å². The van der Waals surface area contributed by atoms with Crippen molar-refractivity contribution in [3.8, 4) is 6.07 Å². The number of rotatable bonds is 6. The molecule has 2 amide bonds. The van der Waals surface area contributed by atoms with Gasteiger partial charge in [-0.15, -0.1) is 0 Å². The summed E-state index contributed by atoms with van der Waals surface area (Å²) in [5, 5.41) is 12.0. The van der Waals surface area contributed by atoms with Crippen molar-refractivity contribution < 1.29 is 9.59 Å². The maximum atomic E-state index is 12.5. The van der Waals surface area contributed by atoms with Gasteiger partial charge >= 0.3 is 0 Å². The second-order valence-electron chi connectivity index (χ2n) is 6.81. The Kier molecular flexibility index (Phi) is 7.00. The monoisotopic (exact) mass is 341 g/mol. The van der Waals surface area contributed by atoms with E-state index < -0.39 is 0 Å². The molecule has 0 saturated heterocycles. The van der Waals surface area contributed by atoms with E-state index in [1.807, 2.05) is 11.9 Å². The Bertz CT molecular complexity index is 643. The Morgan fingerprint density at radius 3 is 2.48 bits per heavy atom. The number of benzene rings is 1. The Hall–Kier alpha value is -2.35. The van der Waals surface area contributed by atoms with Gasteiger partial charge in [-0.2, -0.15) is 5.26 Å². The van der Waals surface area contributed by atoms with Crippen molar-refractivity contribution in [3.63, 3.8) is 0 Å². The van der Waals surface area contributed by atoms with E-state index >= 15 is 0 Å². The van der Waals surface area contributed by atoms with Crippen molar-refractivity contribution >= 4 is 17.5 Å². The maximum Gasteiger partial charge on any atom is 0.227 e. The van der Waals surface area contributed by atoms with Crippen LogP contribution in [0.1, 0.15) is 51.0 Å². The molecule has 0 atom stereocenters. The lowest BCUT2D eigenvalue weighted by Crippen LogP contribution is -2.37. The van der Waals surface area contributed by atoms with Crippen molar-refractivity contribution in [3.05, 3.63) is 29.8 Å². The zero-order valence-electron chi connectivity index (χ0n) is 15.1. The number of anilines is 1. The standard InChI is InChI=1S/C20H27N3O2/c1-3-4-13-23(2)20(25)16-11-9-15(10-12-16)19(24)22-18-8-6-5-7-17(18)14-21/h5-8,15-16H,3-4,9-13H2,1-2H3,(H,22,24). The van der Waals surface area contributed by atoms with Gasteiger partial charge in [-0.3, -0.25) is 9.59 Å². The molecule has 0 unspecified atom stereocenters. The van der Waals surface area contributed by atoms with Crippen molar-refractivity contribution in [2.45, 2.75) is 45.4 Å². The van der Waals surface area contributed by atoms with Crippen LogP contribution in [-0.2, 0) is 9.59 Å². The summed E-state index contributed by atoms with van der Waals surface area (Å²) in [5.41, 5.74) is 1.03. The van der Waals surface area contributed by atoms with Gasteiger partial charge in [0.25, 0.3) is 0 Å². The molecule has 5 nitrogen and oxygen atoms in total. The molecule has 1 aliphatic rings. The highest BCUT2D eigenvalue weighted by molar-refractivity contribution is 5.94. The first-order valence-electron chi connectivity index (χ1n) is 9.11. The van der Waals surface area contributed by atoms with Crippen molar-refractivity contribution in [2.75, 3.05) is 18.9 Å². The van der Waals surface area contributed by atoms with Crippen LogP contribution in [0.5, 0.6) is 0 Å². The van der Waals surface area contributed by atoms with E-state index in [1.54, 1.807) is 24.3 Å². The van der Waals surface area contributed by atoms with Crippen LogP contribution in [0.15, 0.2) is 24.3 Å². The molecular formula is C20H27N3O2. The fourth-order valence-corrected chi connectivity index (χ4v) is 3.34. The number of hydrogen-bond donors (Lipinski definition) is 1. The second-order valence-corrected chi connectivity index (χ2v) is 6.81. The minimum atomic E-state index is -0.0863. The van der Waals surface area contributed by atoms with E-state index in [0.717, 1.165) is 45.1 Å². The summed E-state index contributed by atoms with van der Waals surface area (Å²) in [6.45, 7) is 2.92. The van der Waals surface area contributed by atoms with Crippen LogP contribution < -0.4 is 5.32 Å². The third-order valence-electron chi connectivity index (χ3n) is 4.98. The number of para-hydroxylation sites is 1. The summed E-state index contributed by atoms with van der Waals surface area (Å²) in [7, 11) is 1.87. The van der Waals surface area contributed by atoms with Gasteiger partial charge in [-0.1, -0.05) is 25.5 Å². The molecule has 1 aromatic carbocycles. The van der Waals surface area contributed by atoms with Gasteiger partial charge in [0.15, 0.2) is 0 Å². The number of nitriles is 1. The Morgan fingerprint density at radius 1 is 1.20 bits per heavy atom. The fourth-order valence-electron chi connectivity index (χ4n) is 3.34. The molecule has 0 spiro atoms. The van der Waals surface area contributed by atoms with Gasteiger partial charge < -0.3 is 10.2 Å². The number of nitrogens with zero attached hydrogens (tertiary/aromatic N) is 2. The summed E-state index contributed by atoms with van der Waals surface area (Å²) in [6, 6.07) is 9.11. The van der Waals surface area contributed by atoms with Gasteiger partial charge in [-0.25, -0.2) is 0 Å². The summed E-state index contributed by atoms with van der Waals surface area (Å²) in [4.78, 5) is 26.7. The van der Waals surface area contributed by atoms with Crippen LogP contribution >= 0.6 is 0 Å². The van der Waals surface area contributed by atoms with Crippen molar-refractivity contribution in [1.29, 1.82) is 5.26 Å². The van der Waals surface area contributed by atoms with E-state index in [2.05, 4.69) is 18.3 Å². The molecule has 0 bridgehead atoms. The topological polar surface area (TPSA) is 73.2 Å². The summed E-state index contributed by atoms with van der Waals surface area (Å²) in [6.07, 6.45) is 5.06. The minimum absolute atomic E-state index is 0.0392.